The summed E-state index contributed by atoms with van der Waals surface area (Å²) in [4.78, 5) is 28.1. The Hall–Kier alpha value is -3.86. The third-order valence-electron chi connectivity index (χ3n) is 6.02. The second-order valence-electron chi connectivity index (χ2n) is 9.11. The number of halogens is 17. The standard InChI is InChI=1S/C25H10F16IN3O2/c26-16-11(2-1-3-14(16)44-18(46)9-4-5-15(43-8-9)22(31,32)33)19(47)45-17-12(21(28,29)30)6-10(7-13(17)42)20(27,24(36,37)38)23(34,35)25(39,40)41/h1-8H,(H,44,46)(H,45,47). The third kappa shape index (κ3) is 7.20. The van der Waals surface area contributed by atoms with Crippen LogP contribution in [0, 0.1) is 9.39 Å². The summed E-state index contributed by atoms with van der Waals surface area (Å²) in [6, 6.07) is 1.73. The van der Waals surface area contributed by atoms with Crippen LogP contribution in [0.15, 0.2) is 48.7 Å². The van der Waals surface area contributed by atoms with E-state index in [1.54, 1.807) is 0 Å². The zero-order valence-electron chi connectivity index (χ0n) is 21.8. The molecule has 0 radical (unpaired) electrons. The van der Waals surface area contributed by atoms with Gasteiger partial charge in [-0.2, -0.15) is 61.5 Å². The third-order valence-corrected chi connectivity index (χ3v) is 6.87. The van der Waals surface area contributed by atoms with Crippen LogP contribution in [-0.4, -0.2) is 35.1 Å². The summed E-state index contributed by atoms with van der Waals surface area (Å²) in [5.41, 5.74) is -17.8. The van der Waals surface area contributed by atoms with E-state index in [0.29, 0.717) is 47.0 Å². The summed E-state index contributed by atoms with van der Waals surface area (Å²) in [6.45, 7) is 0. The van der Waals surface area contributed by atoms with Gasteiger partial charge in [0.05, 0.1) is 28.1 Å². The van der Waals surface area contributed by atoms with Crippen LogP contribution in [0.1, 0.15) is 37.5 Å². The molecule has 47 heavy (non-hydrogen) atoms. The number of nitrogens with one attached hydrogen (secondary N) is 2. The number of alkyl halides is 15. The highest BCUT2D eigenvalue weighted by Crippen LogP contribution is 2.59. The van der Waals surface area contributed by atoms with Gasteiger partial charge in [-0.05, 0) is 59.0 Å². The number of rotatable bonds is 6. The monoisotopic (exact) mass is 815 g/mol. The molecule has 1 unspecified atom stereocenters. The van der Waals surface area contributed by atoms with E-state index in [-0.39, 0.29) is 0 Å². The number of anilines is 2. The van der Waals surface area contributed by atoms with E-state index in [4.69, 9.17) is 0 Å². The van der Waals surface area contributed by atoms with Gasteiger partial charge in [0.1, 0.15) is 5.69 Å². The van der Waals surface area contributed by atoms with Crippen molar-refractivity contribution in [2.45, 2.75) is 36.3 Å². The highest BCUT2D eigenvalue weighted by molar-refractivity contribution is 14.1. The lowest BCUT2D eigenvalue weighted by Gasteiger charge is -2.36. The number of pyridine rings is 1. The van der Waals surface area contributed by atoms with Gasteiger partial charge in [0.2, 0.25) is 0 Å². The molecule has 1 heterocycles. The number of amides is 2. The van der Waals surface area contributed by atoms with Crippen molar-refractivity contribution < 1.29 is 79.8 Å². The van der Waals surface area contributed by atoms with Gasteiger partial charge in [-0.3, -0.25) is 14.6 Å². The zero-order valence-corrected chi connectivity index (χ0v) is 24.0. The molecular formula is C25H10F16IN3O2. The molecule has 2 amide bonds. The van der Waals surface area contributed by atoms with Gasteiger partial charge in [0.25, 0.3) is 11.8 Å². The van der Waals surface area contributed by atoms with Gasteiger partial charge in [-0.15, -0.1) is 0 Å². The van der Waals surface area contributed by atoms with E-state index >= 15 is 4.39 Å². The molecule has 0 aliphatic carbocycles. The molecule has 5 nitrogen and oxygen atoms in total. The fourth-order valence-electron chi connectivity index (χ4n) is 3.75. The van der Waals surface area contributed by atoms with Crippen molar-refractivity contribution in [3.8, 4) is 0 Å². The summed E-state index contributed by atoms with van der Waals surface area (Å²) < 4.78 is 215. The van der Waals surface area contributed by atoms with Crippen LogP contribution in [0.5, 0.6) is 0 Å². The largest absolute Gasteiger partial charge is 0.457 e. The lowest BCUT2D eigenvalue weighted by Crippen LogP contribution is -2.59. The first-order valence-electron chi connectivity index (χ1n) is 11.7. The average Bonchev–Trinajstić information content (AvgIpc) is 2.92. The number of carbonyl (C=O) groups excluding carboxylic acids is 2. The number of benzene rings is 2. The lowest BCUT2D eigenvalue weighted by molar-refractivity contribution is -0.389. The number of hydrogen-bond acceptors (Lipinski definition) is 3. The van der Waals surface area contributed by atoms with E-state index < -0.39 is 109 Å². The van der Waals surface area contributed by atoms with Crippen LogP contribution in [0.2, 0.25) is 0 Å². The number of carbonyl (C=O) groups is 2. The maximum Gasteiger partial charge on any atom is 0.457 e. The predicted molar refractivity (Wildman–Crippen MR) is 136 cm³/mol. The molecule has 0 aliphatic heterocycles. The van der Waals surface area contributed by atoms with Crippen molar-refractivity contribution in [3.05, 3.63) is 86.0 Å². The second kappa shape index (κ2) is 12.3. The fraction of sp³-hybridized carbons (Fsp3) is 0.240. The van der Waals surface area contributed by atoms with Gasteiger partial charge in [0.15, 0.2) is 5.82 Å². The molecule has 3 aromatic rings. The van der Waals surface area contributed by atoms with Crippen molar-refractivity contribution in [2.75, 3.05) is 10.6 Å². The Morgan fingerprint density at radius 2 is 1.30 bits per heavy atom. The second-order valence-corrected chi connectivity index (χ2v) is 10.3. The summed E-state index contributed by atoms with van der Waals surface area (Å²) in [7, 11) is 0. The van der Waals surface area contributed by atoms with Gasteiger partial charge in [-0.25, -0.2) is 8.78 Å². The van der Waals surface area contributed by atoms with Gasteiger partial charge >= 0.3 is 36.3 Å². The van der Waals surface area contributed by atoms with E-state index in [2.05, 4.69) is 4.98 Å². The first-order valence-corrected chi connectivity index (χ1v) is 12.8. The molecule has 0 bridgehead atoms. The first kappa shape index (κ1) is 37.6. The Bertz CT molecular complexity index is 1680. The van der Waals surface area contributed by atoms with Gasteiger partial charge in [0, 0.05) is 15.3 Å². The maximum absolute atomic E-state index is 15.1. The Balaban J connectivity index is 2.05. The number of hydrogen-bond donors (Lipinski definition) is 2. The quantitative estimate of drug-likeness (QED) is 0.193. The van der Waals surface area contributed by atoms with Crippen molar-refractivity contribution in [1.82, 2.24) is 4.98 Å². The number of aromatic nitrogens is 1. The normalized spacial score (nSPS) is 14.4. The molecule has 256 valence electrons. The van der Waals surface area contributed by atoms with Crippen LogP contribution >= 0.6 is 22.6 Å². The predicted octanol–water partition coefficient (Wildman–Crippen LogP) is 9.29. The summed E-state index contributed by atoms with van der Waals surface area (Å²) >= 11 is 0.665. The minimum Gasteiger partial charge on any atom is -0.320 e. The molecular weight excluding hydrogens is 805 g/mol. The molecule has 1 atom stereocenters. The molecule has 22 heteroatoms. The number of nitrogens with zero attached hydrogens (tertiary/aromatic N) is 1. The topological polar surface area (TPSA) is 71.1 Å². The fourth-order valence-corrected chi connectivity index (χ4v) is 4.51. The molecule has 0 spiro atoms. The van der Waals surface area contributed by atoms with Crippen molar-refractivity contribution >= 4 is 45.8 Å². The summed E-state index contributed by atoms with van der Waals surface area (Å²) in [5, 5.41) is 3.26. The summed E-state index contributed by atoms with van der Waals surface area (Å²) in [6.07, 6.45) is -24.8. The van der Waals surface area contributed by atoms with E-state index in [1.807, 2.05) is 5.32 Å². The zero-order chi connectivity index (χ0) is 36.1. The van der Waals surface area contributed by atoms with Crippen molar-refractivity contribution in [3.63, 3.8) is 0 Å². The highest BCUT2D eigenvalue weighted by Gasteiger charge is 2.82. The van der Waals surface area contributed by atoms with Crippen LogP contribution < -0.4 is 10.6 Å². The SMILES string of the molecule is O=C(Nc1cccc(C(=O)Nc2c(I)cc(C(F)(C(F)(F)F)C(F)(F)C(F)(F)F)cc2C(F)(F)F)c1F)c1ccc(C(F)(F)F)nc1. The molecule has 1 aromatic heterocycles. The molecule has 0 aliphatic rings. The molecule has 0 fully saturated rings. The lowest BCUT2D eigenvalue weighted by atomic mass is 9.86. The molecule has 0 saturated heterocycles. The summed E-state index contributed by atoms with van der Waals surface area (Å²) in [5.74, 6) is -12.2. The van der Waals surface area contributed by atoms with Gasteiger partial charge in [-0.1, -0.05) is 6.07 Å². The van der Waals surface area contributed by atoms with E-state index in [1.165, 1.54) is 5.32 Å². The minimum atomic E-state index is -7.32. The van der Waals surface area contributed by atoms with Gasteiger partial charge < -0.3 is 10.6 Å². The van der Waals surface area contributed by atoms with Crippen LogP contribution in [0.3, 0.4) is 0 Å². The molecule has 2 aromatic carbocycles. The Labute approximate surface area is 263 Å². The first-order chi connectivity index (χ1) is 21.1. The van der Waals surface area contributed by atoms with Crippen LogP contribution in [0.25, 0.3) is 0 Å². The Morgan fingerprint density at radius 1 is 0.702 bits per heavy atom. The van der Waals surface area contributed by atoms with Crippen LogP contribution in [0.4, 0.5) is 81.6 Å². The maximum atomic E-state index is 15.1. The molecule has 0 saturated carbocycles. The van der Waals surface area contributed by atoms with Crippen molar-refractivity contribution in [1.29, 1.82) is 0 Å². The smallest absolute Gasteiger partial charge is 0.320 e. The van der Waals surface area contributed by atoms with Crippen molar-refractivity contribution in [2.24, 2.45) is 0 Å². The van der Waals surface area contributed by atoms with E-state index in [9.17, 15) is 75.4 Å². The highest BCUT2D eigenvalue weighted by atomic mass is 127. The van der Waals surface area contributed by atoms with Crippen LogP contribution in [-0.2, 0) is 18.0 Å². The Kier molecular flexibility index (Phi) is 9.84. The Morgan fingerprint density at radius 3 is 1.77 bits per heavy atom. The molecule has 3 rings (SSSR count). The molecule has 2 N–H and O–H groups in total. The van der Waals surface area contributed by atoms with E-state index in [0.717, 1.165) is 12.1 Å². The average molecular weight is 815 g/mol. The minimum absolute atomic E-state index is 0.395.